The van der Waals surface area contributed by atoms with Gasteiger partial charge in [0.05, 0.1) is 5.56 Å². The predicted octanol–water partition coefficient (Wildman–Crippen LogP) is 4.13. The fourth-order valence-electron chi connectivity index (χ4n) is 2.70. The maximum Gasteiger partial charge on any atom is 0.416 e. The minimum absolute atomic E-state index is 0.113. The Labute approximate surface area is 145 Å². The fourth-order valence-corrected chi connectivity index (χ4v) is 2.70. The van der Waals surface area contributed by atoms with Gasteiger partial charge in [-0.25, -0.2) is 4.79 Å². The van der Waals surface area contributed by atoms with Gasteiger partial charge in [0.2, 0.25) is 0 Å². The number of esters is 1. The number of likely N-dealkylation sites (N-methyl/N-ethyl adjacent to an activating group) is 1. The summed E-state index contributed by atoms with van der Waals surface area (Å²) in [6.07, 6.45) is -2.53. The van der Waals surface area contributed by atoms with Crippen molar-refractivity contribution in [3.05, 3.63) is 29.3 Å². The molecule has 1 saturated heterocycles. The average molecular weight is 359 g/mol. The van der Waals surface area contributed by atoms with E-state index in [2.05, 4.69) is 4.90 Å². The molecule has 1 aliphatic rings. The van der Waals surface area contributed by atoms with Gasteiger partial charge in [-0.15, -0.1) is 0 Å². The van der Waals surface area contributed by atoms with Crippen molar-refractivity contribution in [2.75, 3.05) is 20.2 Å². The van der Waals surface area contributed by atoms with E-state index in [4.69, 9.17) is 9.47 Å². The summed E-state index contributed by atoms with van der Waals surface area (Å²) in [6, 6.07) is 3.09. The van der Waals surface area contributed by atoms with Gasteiger partial charge in [-0.1, -0.05) is 0 Å². The maximum absolute atomic E-state index is 13.0. The van der Waals surface area contributed by atoms with Gasteiger partial charge in [0.1, 0.15) is 23.5 Å². The highest BCUT2D eigenvalue weighted by Crippen LogP contribution is 2.33. The second kappa shape index (κ2) is 7.23. The lowest BCUT2D eigenvalue weighted by atomic mass is 10.1. The molecule has 1 aromatic rings. The number of hydrogen-bond acceptors (Lipinski definition) is 4. The molecule has 0 aromatic heterocycles. The van der Waals surface area contributed by atoms with E-state index in [1.165, 1.54) is 6.07 Å². The molecule has 1 fully saturated rings. The van der Waals surface area contributed by atoms with Crippen LogP contribution in [0.3, 0.4) is 0 Å². The fraction of sp³-hybridized carbons (Fsp3) is 0.611. The highest BCUT2D eigenvalue weighted by atomic mass is 19.4. The molecule has 4 nitrogen and oxygen atoms in total. The van der Waals surface area contributed by atoms with Crippen molar-refractivity contribution in [1.82, 2.24) is 4.90 Å². The summed E-state index contributed by atoms with van der Waals surface area (Å²) in [7, 11) is 1.97. The zero-order valence-electron chi connectivity index (χ0n) is 14.9. The van der Waals surface area contributed by atoms with Gasteiger partial charge in [0.25, 0.3) is 0 Å². The lowest BCUT2D eigenvalue weighted by molar-refractivity contribution is -0.137. The number of rotatable bonds is 4. The van der Waals surface area contributed by atoms with Crippen LogP contribution in [0.15, 0.2) is 18.2 Å². The van der Waals surface area contributed by atoms with E-state index in [1.54, 1.807) is 20.8 Å². The summed E-state index contributed by atoms with van der Waals surface area (Å²) >= 11 is 0. The molecule has 0 radical (unpaired) electrons. The molecule has 0 spiro atoms. The zero-order valence-corrected chi connectivity index (χ0v) is 14.9. The molecule has 1 unspecified atom stereocenters. The van der Waals surface area contributed by atoms with Crippen molar-refractivity contribution in [3.63, 3.8) is 0 Å². The highest BCUT2D eigenvalue weighted by molar-refractivity contribution is 5.93. The Hall–Kier alpha value is -1.76. The Kier molecular flexibility index (Phi) is 5.66. The molecule has 1 aromatic carbocycles. The Morgan fingerprint density at radius 1 is 1.28 bits per heavy atom. The quantitative estimate of drug-likeness (QED) is 0.758. The van der Waals surface area contributed by atoms with Crippen LogP contribution in [0.25, 0.3) is 0 Å². The molecule has 0 saturated carbocycles. The van der Waals surface area contributed by atoms with Crippen molar-refractivity contribution in [3.8, 4) is 5.75 Å². The SMILES string of the molecule is CN1CCCC1COc1ccc(C(F)(F)F)cc1C(=O)OC(C)(C)C. The van der Waals surface area contributed by atoms with Crippen molar-refractivity contribution >= 4 is 5.97 Å². The average Bonchev–Trinajstić information content (AvgIpc) is 2.87. The van der Waals surface area contributed by atoms with Crippen LogP contribution in [0.5, 0.6) is 5.75 Å². The molecule has 7 heteroatoms. The molecule has 0 aliphatic carbocycles. The number of halogens is 3. The van der Waals surface area contributed by atoms with Gasteiger partial charge in [-0.2, -0.15) is 13.2 Å². The summed E-state index contributed by atoms with van der Waals surface area (Å²) in [5.74, 6) is -0.712. The molecule has 25 heavy (non-hydrogen) atoms. The lowest BCUT2D eigenvalue weighted by Gasteiger charge is -2.23. The number of hydrogen-bond donors (Lipinski definition) is 0. The monoisotopic (exact) mass is 359 g/mol. The minimum atomic E-state index is -4.54. The normalized spacial score (nSPS) is 19.1. The molecule has 1 heterocycles. The Balaban J connectivity index is 2.25. The topological polar surface area (TPSA) is 38.8 Å². The van der Waals surface area contributed by atoms with Crippen LogP contribution in [-0.4, -0.2) is 42.7 Å². The van der Waals surface area contributed by atoms with Crippen molar-refractivity contribution < 1.29 is 27.4 Å². The number of likely N-dealkylation sites (tertiary alicyclic amines) is 1. The number of alkyl halides is 3. The van der Waals surface area contributed by atoms with E-state index in [0.29, 0.717) is 6.61 Å². The first-order valence-electron chi connectivity index (χ1n) is 8.25. The smallest absolute Gasteiger partial charge is 0.416 e. The number of benzene rings is 1. The number of carbonyl (C=O) groups is 1. The van der Waals surface area contributed by atoms with Crippen molar-refractivity contribution in [2.45, 2.75) is 51.4 Å². The van der Waals surface area contributed by atoms with Crippen LogP contribution >= 0.6 is 0 Å². The third-order valence-electron chi connectivity index (χ3n) is 4.03. The predicted molar refractivity (Wildman–Crippen MR) is 87.8 cm³/mol. The zero-order chi connectivity index (χ0) is 18.8. The molecule has 0 N–H and O–H groups in total. The van der Waals surface area contributed by atoms with E-state index in [1.807, 2.05) is 7.05 Å². The first kappa shape index (κ1) is 19.6. The molecule has 1 atom stereocenters. The lowest BCUT2D eigenvalue weighted by Crippen LogP contribution is -2.31. The molecule has 0 bridgehead atoms. The van der Waals surface area contributed by atoms with E-state index in [0.717, 1.165) is 31.5 Å². The summed E-state index contributed by atoms with van der Waals surface area (Å²) in [6.45, 7) is 6.25. The molecular formula is C18H24F3NO3. The first-order chi connectivity index (χ1) is 11.5. The Morgan fingerprint density at radius 3 is 2.48 bits per heavy atom. The van der Waals surface area contributed by atoms with E-state index >= 15 is 0 Å². The number of carbonyl (C=O) groups excluding carboxylic acids is 1. The van der Waals surface area contributed by atoms with Crippen LogP contribution < -0.4 is 4.74 Å². The summed E-state index contributed by atoms with van der Waals surface area (Å²) in [5, 5.41) is 0. The third-order valence-corrected chi connectivity index (χ3v) is 4.03. The van der Waals surface area contributed by atoms with E-state index in [9.17, 15) is 18.0 Å². The molecule has 0 amide bonds. The molecule has 2 rings (SSSR count). The van der Waals surface area contributed by atoms with Gasteiger partial charge >= 0.3 is 12.1 Å². The summed E-state index contributed by atoms with van der Waals surface area (Å²) in [4.78, 5) is 14.5. The largest absolute Gasteiger partial charge is 0.491 e. The van der Waals surface area contributed by atoms with Crippen molar-refractivity contribution in [2.24, 2.45) is 0 Å². The standard InChI is InChI=1S/C18H24F3NO3/c1-17(2,3)25-16(23)14-10-12(18(19,20)21)7-8-15(14)24-11-13-6-5-9-22(13)4/h7-8,10,13H,5-6,9,11H2,1-4H3. The minimum Gasteiger partial charge on any atom is -0.491 e. The van der Waals surface area contributed by atoms with Crippen LogP contribution in [0.1, 0.15) is 49.5 Å². The molecule has 140 valence electrons. The van der Waals surface area contributed by atoms with Gasteiger partial charge in [0.15, 0.2) is 0 Å². The second-order valence-corrected chi connectivity index (χ2v) is 7.30. The Bertz CT molecular complexity index is 623. The first-order valence-corrected chi connectivity index (χ1v) is 8.25. The maximum atomic E-state index is 13.0. The van der Waals surface area contributed by atoms with E-state index in [-0.39, 0.29) is 17.4 Å². The van der Waals surface area contributed by atoms with Crippen LogP contribution in [0.4, 0.5) is 13.2 Å². The molecule has 1 aliphatic heterocycles. The van der Waals surface area contributed by atoms with Gasteiger partial charge in [-0.05, 0) is 65.4 Å². The number of nitrogens with zero attached hydrogens (tertiary/aromatic N) is 1. The van der Waals surface area contributed by atoms with Crippen LogP contribution in [-0.2, 0) is 10.9 Å². The molecular weight excluding hydrogens is 335 g/mol. The van der Waals surface area contributed by atoms with Crippen molar-refractivity contribution in [1.29, 1.82) is 0 Å². The number of ether oxygens (including phenoxy) is 2. The van der Waals surface area contributed by atoms with Crippen LogP contribution in [0, 0.1) is 0 Å². The van der Waals surface area contributed by atoms with Gasteiger partial charge < -0.3 is 14.4 Å². The summed E-state index contributed by atoms with van der Waals surface area (Å²) < 4.78 is 49.9. The van der Waals surface area contributed by atoms with Gasteiger partial charge in [-0.3, -0.25) is 0 Å². The second-order valence-electron chi connectivity index (χ2n) is 7.30. The highest BCUT2D eigenvalue weighted by Gasteiger charge is 2.33. The van der Waals surface area contributed by atoms with Crippen LogP contribution in [0.2, 0.25) is 0 Å². The summed E-state index contributed by atoms with van der Waals surface area (Å²) in [5.41, 5.74) is -1.92. The third kappa shape index (κ3) is 5.36. The Morgan fingerprint density at radius 2 is 1.96 bits per heavy atom. The van der Waals surface area contributed by atoms with Gasteiger partial charge in [0, 0.05) is 6.04 Å². The van der Waals surface area contributed by atoms with E-state index < -0.39 is 23.3 Å².